The van der Waals surface area contributed by atoms with Crippen molar-refractivity contribution in [2.75, 3.05) is 0 Å². The van der Waals surface area contributed by atoms with Gasteiger partial charge in [0.25, 0.3) is 0 Å². The second-order valence-corrected chi connectivity index (χ2v) is 7.10. The van der Waals surface area contributed by atoms with Gasteiger partial charge in [-0.1, -0.05) is 25.5 Å². The summed E-state index contributed by atoms with van der Waals surface area (Å²) in [6.07, 6.45) is 0.478. The number of halogens is 3. The minimum atomic E-state index is -5.08. The zero-order chi connectivity index (χ0) is 23.0. The van der Waals surface area contributed by atoms with Crippen LogP contribution < -0.4 is 10.6 Å². The number of nitrogens with one attached hydrogen (secondary N) is 2. The molecule has 168 valence electrons. The normalized spacial score (nSPS) is 24.9. The van der Waals surface area contributed by atoms with E-state index in [0.29, 0.717) is 12.8 Å². The van der Waals surface area contributed by atoms with Crippen molar-refractivity contribution in [1.82, 2.24) is 10.6 Å². The van der Waals surface area contributed by atoms with Crippen molar-refractivity contribution in [2.24, 2.45) is 5.92 Å². The van der Waals surface area contributed by atoms with Crippen LogP contribution >= 0.6 is 0 Å². The van der Waals surface area contributed by atoms with Gasteiger partial charge in [0, 0.05) is 13.0 Å². The van der Waals surface area contributed by atoms with Crippen molar-refractivity contribution in [3.63, 3.8) is 0 Å². The fraction of sp³-hybridized carbons (Fsp3) is 0.722. The maximum atomic E-state index is 11.6. The van der Waals surface area contributed by atoms with E-state index in [1.165, 1.54) is 6.92 Å². The van der Waals surface area contributed by atoms with E-state index in [-0.39, 0.29) is 17.9 Å². The second-order valence-electron chi connectivity index (χ2n) is 7.10. The van der Waals surface area contributed by atoms with Gasteiger partial charge in [-0.15, -0.1) is 0 Å². The molecular weight excluding hydrogens is 397 g/mol. The molecule has 5 N–H and O–H groups in total. The molecule has 8 nitrogen and oxygen atoms in total. The van der Waals surface area contributed by atoms with E-state index < -0.39 is 35.8 Å². The van der Waals surface area contributed by atoms with Gasteiger partial charge < -0.3 is 20.6 Å². The van der Waals surface area contributed by atoms with Crippen LogP contribution in [0.4, 0.5) is 13.2 Å². The van der Waals surface area contributed by atoms with E-state index in [2.05, 4.69) is 10.6 Å². The Morgan fingerprint density at radius 1 is 1.28 bits per heavy atom. The number of alkyl halides is 3. The van der Waals surface area contributed by atoms with Crippen LogP contribution in [0.3, 0.4) is 0 Å². The summed E-state index contributed by atoms with van der Waals surface area (Å²) < 4.78 is 31.7. The fourth-order valence-corrected chi connectivity index (χ4v) is 3.32. The highest BCUT2D eigenvalue weighted by molar-refractivity contribution is 5.75. The van der Waals surface area contributed by atoms with E-state index in [4.69, 9.17) is 9.90 Å². The molecule has 0 unspecified atom stereocenters. The fourth-order valence-electron chi connectivity index (χ4n) is 3.32. The zero-order valence-electron chi connectivity index (χ0n) is 16.8. The number of allylic oxidation sites excluding steroid dienone is 1. The average Bonchev–Trinajstić information content (AvgIpc) is 2.96. The third-order valence-electron chi connectivity index (χ3n) is 4.49. The summed E-state index contributed by atoms with van der Waals surface area (Å²) in [4.78, 5) is 31.7. The lowest BCUT2D eigenvalue weighted by Crippen LogP contribution is -2.61. The Hall–Kier alpha value is -2.14. The molecule has 1 aliphatic heterocycles. The molecule has 0 aliphatic carbocycles. The highest BCUT2D eigenvalue weighted by atomic mass is 19.4. The SMILES string of the molecule is C/C=C\[C@@H]1C[C@H](C(=O)O)N[C@H]1[C@@H](NC(C)=O)[C@@](C)(O)CCC.O=C(O)C(F)(F)F. The third kappa shape index (κ3) is 8.82. The molecule has 0 aromatic carbocycles. The number of carboxylic acids is 2. The lowest BCUT2D eigenvalue weighted by molar-refractivity contribution is -0.192. The molecule has 1 aliphatic rings. The Morgan fingerprint density at radius 2 is 1.79 bits per heavy atom. The minimum absolute atomic E-state index is 0.0497. The van der Waals surface area contributed by atoms with Gasteiger partial charge in [0.15, 0.2) is 0 Å². The van der Waals surface area contributed by atoms with Crippen molar-refractivity contribution in [3.8, 4) is 0 Å². The van der Waals surface area contributed by atoms with E-state index in [1.54, 1.807) is 6.92 Å². The average molecular weight is 426 g/mol. The van der Waals surface area contributed by atoms with Crippen LogP contribution in [-0.4, -0.2) is 63.1 Å². The quantitative estimate of drug-likeness (QED) is 0.391. The smallest absolute Gasteiger partial charge is 0.480 e. The number of hydrogen-bond acceptors (Lipinski definition) is 5. The molecule has 0 radical (unpaired) electrons. The highest BCUT2D eigenvalue weighted by Crippen LogP contribution is 2.30. The van der Waals surface area contributed by atoms with E-state index in [1.807, 2.05) is 26.0 Å². The summed E-state index contributed by atoms with van der Waals surface area (Å²) >= 11 is 0. The Morgan fingerprint density at radius 3 is 2.14 bits per heavy atom. The summed E-state index contributed by atoms with van der Waals surface area (Å²) in [5.74, 6) is -3.95. The summed E-state index contributed by atoms with van der Waals surface area (Å²) in [6, 6.07) is -1.53. The number of rotatable bonds is 7. The molecule has 1 saturated heterocycles. The van der Waals surface area contributed by atoms with Gasteiger partial charge in [-0.25, -0.2) is 4.79 Å². The van der Waals surface area contributed by atoms with Crippen LogP contribution in [0, 0.1) is 5.92 Å². The molecule has 0 aromatic rings. The predicted octanol–water partition coefficient (Wildman–Crippen LogP) is 1.68. The molecule has 1 fully saturated rings. The van der Waals surface area contributed by atoms with Gasteiger partial charge in [-0.3, -0.25) is 14.9 Å². The molecular formula is C18H29F3N2O6. The first-order chi connectivity index (χ1) is 13.2. The Bertz CT molecular complexity index is 607. The van der Waals surface area contributed by atoms with Gasteiger partial charge in [0.05, 0.1) is 11.6 Å². The Balaban J connectivity index is 0.000000956. The summed E-state index contributed by atoms with van der Waals surface area (Å²) in [5.41, 5.74) is -1.11. The van der Waals surface area contributed by atoms with Gasteiger partial charge in [-0.2, -0.15) is 13.2 Å². The van der Waals surface area contributed by atoms with Crippen LogP contribution in [-0.2, 0) is 14.4 Å². The summed E-state index contributed by atoms with van der Waals surface area (Å²) in [5, 5.41) is 33.0. The van der Waals surface area contributed by atoms with Crippen molar-refractivity contribution < 1.29 is 42.9 Å². The third-order valence-corrected chi connectivity index (χ3v) is 4.49. The lowest BCUT2D eigenvalue weighted by Gasteiger charge is -2.39. The van der Waals surface area contributed by atoms with Crippen molar-refractivity contribution >= 4 is 17.8 Å². The minimum Gasteiger partial charge on any atom is -0.480 e. The van der Waals surface area contributed by atoms with Gasteiger partial charge in [-0.05, 0) is 32.6 Å². The zero-order valence-corrected chi connectivity index (χ0v) is 16.8. The first-order valence-corrected chi connectivity index (χ1v) is 9.08. The standard InChI is InChI=1S/C16H28N2O4.C2HF3O2/c1-5-7-11-9-12(15(20)21)18-13(11)14(17-10(3)19)16(4,22)8-6-2;3-2(4,5)1(6)7/h5,7,11-14,18,22H,6,8-9H2,1-4H3,(H,17,19)(H,20,21);(H,6,7)/b7-5-;/t11-,12-,13-,14-,16+;/m1./s1. The number of aliphatic hydroxyl groups is 1. The molecule has 11 heteroatoms. The first-order valence-electron chi connectivity index (χ1n) is 9.08. The summed E-state index contributed by atoms with van der Waals surface area (Å²) in [7, 11) is 0. The molecule has 0 saturated carbocycles. The Labute approximate surface area is 167 Å². The Kier molecular flexibility index (Phi) is 10.3. The van der Waals surface area contributed by atoms with E-state index >= 15 is 0 Å². The van der Waals surface area contributed by atoms with Gasteiger partial charge >= 0.3 is 18.1 Å². The monoisotopic (exact) mass is 426 g/mol. The highest BCUT2D eigenvalue weighted by Gasteiger charge is 2.46. The second kappa shape index (κ2) is 11.1. The largest absolute Gasteiger partial charge is 0.490 e. The molecule has 0 aromatic heterocycles. The number of carboxylic acid groups (broad SMARTS) is 2. The van der Waals surface area contributed by atoms with Gasteiger partial charge in [0.2, 0.25) is 5.91 Å². The summed E-state index contributed by atoms with van der Waals surface area (Å²) in [6.45, 7) is 6.94. The maximum Gasteiger partial charge on any atom is 0.490 e. The molecule has 5 atom stereocenters. The molecule has 1 rings (SSSR count). The molecule has 1 heterocycles. The van der Waals surface area contributed by atoms with Crippen LogP contribution in [0.2, 0.25) is 0 Å². The van der Waals surface area contributed by atoms with Crippen LogP contribution in [0.15, 0.2) is 12.2 Å². The van der Waals surface area contributed by atoms with Crippen molar-refractivity contribution in [3.05, 3.63) is 12.2 Å². The number of carbonyl (C=O) groups excluding carboxylic acids is 1. The van der Waals surface area contributed by atoms with Crippen LogP contribution in [0.25, 0.3) is 0 Å². The number of aliphatic carboxylic acids is 2. The van der Waals surface area contributed by atoms with E-state index in [0.717, 1.165) is 6.42 Å². The maximum absolute atomic E-state index is 11.6. The molecule has 1 amide bonds. The lowest BCUT2D eigenvalue weighted by atomic mass is 9.81. The molecule has 0 bridgehead atoms. The first kappa shape index (κ1) is 26.9. The number of amides is 1. The number of carbonyl (C=O) groups is 3. The van der Waals surface area contributed by atoms with Gasteiger partial charge in [0.1, 0.15) is 6.04 Å². The number of hydrogen-bond donors (Lipinski definition) is 5. The topological polar surface area (TPSA) is 136 Å². The van der Waals surface area contributed by atoms with Crippen molar-refractivity contribution in [2.45, 2.75) is 76.9 Å². The van der Waals surface area contributed by atoms with E-state index in [9.17, 15) is 33.0 Å². The molecule has 0 spiro atoms. The van der Waals surface area contributed by atoms with Crippen LogP contribution in [0.1, 0.15) is 47.0 Å². The predicted molar refractivity (Wildman–Crippen MR) is 98.1 cm³/mol. The van der Waals surface area contributed by atoms with Crippen LogP contribution in [0.5, 0.6) is 0 Å². The van der Waals surface area contributed by atoms with Crippen molar-refractivity contribution in [1.29, 1.82) is 0 Å². The molecule has 29 heavy (non-hydrogen) atoms.